The summed E-state index contributed by atoms with van der Waals surface area (Å²) in [5.41, 5.74) is -0.251. The maximum absolute atomic E-state index is 13.0. The highest BCUT2D eigenvalue weighted by molar-refractivity contribution is 5.36. The molecule has 2 aromatic rings. The molecule has 112 valence electrons. The number of aromatic nitrogens is 4. The molecule has 0 saturated heterocycles. The minimum atomic E-state index is -4.21. The topological polar surface area (TPSA) is 55.6 Å². The summed E-state index contributed by atoms with van der Waals surface area (Å²) in [6, 6.07) is 6.73. The molecule has 8 heteroatoms. The van der Waals surface area contributed by atoms with Crippen LogP contribution in [0.25, 0.3) is 5.69 Å². The van der Waals surface area contributed by atoms with Crippen LogP contribution in [0.2, 0.25) is 0 Å². The van der Waals surface area contributed by atoms with Crippen molar-refractivity contribution in [2.24, 2.45) is 0 Å². The van der Waals surface area contributed by atoms with Gasteiger partial charge in [0.15, 0.2) is 0 Å². The molecule has 1 aliphatic carbocycles. The molecule has 0 radical (unpaired) electrons. The summed E-state index contributed by atoms with van der Waals surface area (Å²) in [7, 11) is 0. The molecule has 21 heavy (non-hydrogen) atoms. The molecule has 1 aliphatic rings. The molecule has 1 heterocycles. The zero-order valence-electron chi connectivity index (χ0n) is 11.3. The van der Waals surface area contributed by atoms with Gasteiger partial charge in [-0.1, -0.05) is 12.1 Å². The van der Waals surface area contributed by atoms with E-state index >= 15 is 0 Å². The van der Waals surface area contributed by atoms with Crippen molar-refractivity contribution in [2.75, 3.05) is 0 Å². The molecule has 1 unspecified atom stereocenters. The van der Waals surface area contributed by atoms with E-state index < -0.39 is 17.8 Å². The Morgan fingerprint density at radius 3 is 2.67 bits per heavy atom. The normalized spacial score (nSPS) is 18.5. The average Bonchev–Trinajstić information content (AvgIpc) is 3.03. The smallest absolute Gasteiger partial charge is 0.297 e. The fraction of sp³-hybridized carbons (Fsp3) is 0.462. The highest BCUT2D eigenvalue weighted by atomic mass is 19.4. The van der Waals surface area contributed by atoms with Gasteiger partial charge in [-0.3, -0.25) is 5.32 Å². The Hall–Kier alpha value is -1.96. The van der Waals surface area contributed by atoms with E-state index in [-0.39, 0.29) is 12.8 Å². The van der Waals surface area contributed by atoms with Gasteiger partial charge in [0, 0.05) is 6.04 Å². The second kappa shape index (κ2) is 4.80. The molecule has 0 spiro atoms. The first-order chi connectivity index (χ1) is 9.91. The molecule has 3 rings (SSSR count). The minimum Gasteiger partial charge on any atom is -0.297 e. The van der Waals surface area contributed by atoms with Crippen molar-refractivity contribution in [1.82, 2.24) is 25.5 Å². The molecule has 5 nitrogen and oxygen atoms in total. The molecule has 1 aromatic carbocycles. The number of alkyl halides is 3. The molecule has 0 amide bonds. The first-order valence-electron chi connectivity index (χ1n) is 6.59. The number of hydrogen-bond acceptors (Lipinski definition) is 4. The van der Waals surface area contributed by atoms with E-state index in [1.165, 1.54) is 11.0 Å². The van der Waals surface area contributed by atoms with Crippen LogP contribution in [0.15, 0.2) is 30.6 Å². The SMILES string of the molecule is CC(NC1(C(F)(F)F)CC1)c1cccc(-n2cnnn2)c1. The van der Waals surface area contributed by atoms with E-state index in [9.17, 15) is 13.2 Å². The molecule has 1 aromatic heterocycles. The largest absolute Gasteiger partial charge is 0.406 e. The maximum atomic E-state index is 13.0. The lowest BCUT2D eigenvalue weighted by Crippen LogP contribution is -2.45. The molecule has 0 aliphatic heterocycles. The van der Waals surface area contributed by atoms with Crippen molar-refractivity contribution in [3.63, 3.8) is 0 Å². The van der Waals surface area contributed by atoms with Gasteiger partial charge in [0.2, 0.25) is 0 Å². The highest BCUT2D eigenvalue weighted by Gasteiger charge is 2.63. The average molecular weight is 297 g/mol. The third-order valence-corrected chi connectivity index (χ3v) is 3.77. The standard InChI is InChI=1S/C13H14F3N5/c1-9(18-12(5-6-12)13(14,15)16)10-3-2-4-11(7-10)21-8-17-19-20-21/h2-4,7-9,18H,5-6H2,1H3. The third kappa shape index (κ3) is 2.63. The molecule has 1 atom stereocenters. The summed E-state index contributed by atoms with van der Waals surface area (Å²) >= 11 is 0. The van der Waals surface area contributed by atoms with Gasteiger partial charge >= 0.3 is 6.18 Å². The predicted octanol–water partition coefficient (Wildman–Crippen LogP) is 2.41. The van der Waals surface area contributed by atoms with E-state index in [4.69, 9.17) is 0 Å². The first-order valence-corrected chi connectivity index (χ1v) is 6.59. The van der Waals surface area contributed by atoms with Crippen LogP contribution < -0.4 is 5.32 Å². The number of nitrogens with one attached hydrogen (secondary N) is 1. The van der Waals surface area contributed by atoms with E-state index in [1.807, 2.05) is 0 Å². The van der Waals surface area contributed by atoms with Crippen molar-refractivity contribution in [3.05, 3.63) is 36.2 Å². The second-order valence-corrected chi connectivity index (χ2v) is 5.30. The monoisotopic (exact) mass is 297 g/mol. The molecule has 1 fully saturated rings. The zero-order valence-corrected chi connectivity index (χ0v) is 11.3. The Balaban J connectivity index is 1.80. The predicted molar refractivity (Wildman–Crippen MR) is 68.7 cm³/mol. The van der Waals surface area contributed by atoms with Crippen molar-refractivity contribution >= 4 is 0 Å². The highest BCUT2D eigenvalue weighted by Crippen LogP contribution is 2.50. The second-order valence-electron chi connectivity index (χ2n) is 5.30. The summed E-state index contributed by atoms with van der Waals surface area (Å²) in [6.07, 6.45) is -2.51. The third-order valence-electron chi connectivity index (χ3n) is 3.77. The Morgan fingerprint density at radius 2 is 2.10 bits per heavy atom. The van der Waals surface area contributed by atoms with E-state index in [0.29, 0.717) is 5.69 Å². The van der Waals surface area contributed by atoms with Gasteiger partial charge in [-0.25, -0.2) is 4.68 Å². The maximum Gasteiger partial charge on any atom is 0.406 e. The minimum absolute atomic E-state index is 0.132. The number of halogens is 3. The lowest BCUT2D eigenvalue weighted by Gasteiger charge is -2.25. The summed E-state index contributed by atoms with van der Waals surface area (Å²) in [5, 5.41) is 13.6. The number of tetrazole rings is 1. The molecule has 1 N–H and O–H groups in total. The van der Waals surface area contributed by atoms with Crippen LogP contribution in [-0.4, -0.2) is 31.9 Å². The quantitative estimate of drug-likeness (QED) is 0.941. The molecular weight excluding hydrogens is 283 g/mol. The Morgan fingerprint density at radius 1 is 1.33 bits per heavy atom. The Kier molecular flexibility index (Phi) is 3.20. The van der Waals surface area contributed by atoms with Gasteiger partial charge in [-0.15, -0.1) is 5.10 Å². The van der Waals surface area contributed by atoms with Crippen LogP contribution in [0.5, 0.6) is 0 Å². The lowest BCUT2D eigenvalue weighted by atomic mass is 10.1. The van der Waals surface area contributed by atoms with Crippen LogP contribution in [0.3, 0.4) is 0 Å². The fourth-order valence-electron chi connectivity index (χ4n) is 2.35. The lowest BCUT2D eigenvalue weighted by molar-refractivity contribution is -0.167. The summed E-state index contributed by atoms with van der Waals surface area (Å²) in [5.74, 6) is 0. The summed E-state index contributed by atoms with van der Waals surface area (Å²) in [4.78, 5) is 0. The van der Waals surface area contributed by atoms with Crippen molar-refractivity contribution in [3.8, 4) is 5.69 Å². The fourth-order valence-corrected chi connectivity index (χ4v) is 2.35. The van der Waals surface area contributed by atoms with Gasteiger partial charge in [0.05, 0.1) is 5.69 Å². The number of rotatable bonds is 4. The molecule has 1 saturated carbocycles. The van der Waals surface area contributed by atoms with Gasteiger partial charge < -0.3 is 0 Å². The van der Waals surface area contributed by atoms with E-state index in [1.54, 1.807) is 31.2 Å². The Labute approximate surface area is 119 Å². The van der Waals surface area contributed by atoms with Crippen LogP contribution in [0.1, 0.15) is 31.4 Å². The van der Waals surface area contributed by atoms with Crippen molar-refractivity contribution in [1.29, 1.82) is 0 Å². The molecular formula is C13H14F3N5. The van der Waals surface area contributed by atoms with Gasteiger partial charge in [0.1, 0.15) is 11.9 Å². The van der Waals surface area contributed by atoms with E-state index in [0.717, 1.165) is 5.56 Å². The zero-order chi connectivity index (χ0) is 15.1. The number of nitrogens with zero attached hydrogens (tertiary/aromatic N) is 4. The van der Waals surface area contributed by atoms with Crippen LogP contribution in [0, 0.1) is 0 Å². The van der Waals surface area contributed by atoms with E-state index in [2.05, 4.69) is 20.8 Å². The number of benzene rings is 1. The van der Waals surface area contributed by atoms with Gasteiger partial charge in [-0.2, -0.15) is 13.2 Å². The number of hydrogen-bond donors (Lipinski definition) is 1. The van der Waals surface area contributed by atoms with Crippen LogP contribution in [0.4, 0.5) is 13.2 Å². The van der Waals surface area contributed by atoms with Crippen molar-refractivity contribution in [2.45, 2.75) is 37.5 Å². The van der Waals surface area contributed by atoms with Crippen molar-refractivity contribution < 1.29 is 13.2 Å². The first kappa shape index (κ1) is 14.0. The van der Waals surface area contributed by atoms with Gasteiger partial charge in [-0.05, 0) is 47.9 Å². The van der Waals surface area contributed by atoms with Crippen LogP contribution >= 0.6 is 0 Å². The molecule has 0 bridgehead atoms. The summed E-state index contributed by atoms with van der Waals surface area (Å²) in [6.45, 7) is 1.73. The van der Waals surface area contributed by atoms with Crippen LogP contribution in [-0.2, 0) is 0 Å². The summed E-state index contributed by atoms with van der Waals surface area (Å²) < 4.78 is 40.4. The van der Waals surface area contributed by atoms with Gasteiger partial charge in [0.25, 0.3) is 0 Å². The Bertz CT molecular complexity index is 619.